The molecule has 18 heavy (non-hydrogen) atoms. The van der Waals surface area contributed by atoms with E-state index in [2.05, 4.69) is 25.9 Å². The van der Waals surface area contributed by atoms with Gasteiger partial charge in [-0.2, -0.15) is 0 Å². The van der Waals surface area contributed by atoms with Crippen LogP contribution in [-0.4, -0.2) is 28.2 Å². The molecule has 0 aliphatic carbocycles. The van der Waals surface area contributed by atoms with Crippen molar-refractivity contribution in [3.05, 3.63) is 41.1 Å². The second-order valence-electron chi connectivity index (χ2n) is 3.61. The Morgan fingerprint density at radius 2 is 2.00 bits per heavy atom. The van der Waals surface area contributed by atoms with Crippen molar-refractivity contribution in [3.8, 4) is 11.3 Å². The van der Waals surface area contributed by atoms with Gasteiger partial charge in [-0.25, -0.2) is 9.78 Å². The number of aromatic nitrogens is 2. The van der Waals surface area contributed by atoms with Gasteiger partial charge in [0.25, 0.3) is 0 Å². The molecule has 6 heteroatoms. The largest absolute Gasteiger partial charge is 0.465 e. The summed E-state index contributed by atoms with van der Waals surface area (Å²) in [6.07, 6.45) is 2.26. The number of amides is 1. The normalized spacial score (nSPS) is 10.1. The van der Waals surface area contributed by atoms with Crippen molar-refractivity contribution in [1.29, 1.82) is 0 Å². The molecule has 0 radical (unpaired) electrons. The Kier molecular flexibility index (Phi) is 3.57. The zero-order valence-electron chi connectivity index (χ0n) is 9.54. The maximum atomic E-state index is 10.8. The molecule has 0 spiro atoms. The van der Waals surface area contributed by atoms with Crippen LogP contribution < -0.4 is 4.90 Å². The first kappa shape index (κ1) is 12.5. The van der Waals surface area contributed by atoms with Crippen LogP contribution in [0.4, 0.5) is 10.6 Å². The summed E-state index contributed by atoms with van der Waals surface area (Å²) < 4.78 is 0.904. The van der Waals surface area contributed by atoms with Gasteiger partial charge in [-0.1, -0.05) is 0 Å². The average molecular weight is 308 g/mol. The highest BCUT2D eigenvalue weighted by atomic mass is 79.9. The fourth-order valence-corrected chi connectivity index (χ4v) is 1.62. The zero-order valence-corrected chi connectivity index (χ0v) is 11.1. The second-order valence-corrected chi connectivity index (χ2v) is 4.52. The van der Waals surface area contributed by atoms with E-state index in [0.29, 0.717) is 5.82 Å². The van der Waals surface area contributed by atoms with E-state index < -0.39 is 6.09 Å². The van der Waals surface area contributed by atoms with Gasteiger partial charge in [-0.15, -0.1) is 0 Å². The SMILES string of the molecule is CN(C(=O)O)c1ccc(-c2ccc(Br)cn2)cn1. The van der Waals surface area contributed by atoms with Crippen molar-refractivity contribution < 1.29 is 9.90 Å². The predicted molar refractivity (Wildman–Crippen MR) is 71.6 cm³/mol. The molecule has 0 aliphatic heterocycles. The van der Waals surface area contributed by atoms with Crippen molar-refractivity contribution in [2.45, 2.75) is 0 Å². The summed E-state index contributed by atoms with van der Waals surface area (Å²) in [6.45, 7) is 0. The Hall–Kier alpha value is -1.95. The molecule has 0 bridgehead atoms. The van der Waals surface area contributed by atoms with Gasteiger partial charge in [0.05, 0.1) is 5.69 Å². The van der Waals surface area contributed by atoms with Crippen LogP contribution >= 0.6 is 15.9 Å². The molecular formula is C12H10BrN3O2. The molecule has 5 nitrogen and oxygen atoms in total. The lowest BCUT2D eigenvalue weighted by atomic mass is 10.2. The molecule has 2 aromatic heterocycles. The van der Waals surface area contributed by atoms with Crippen molar-refractivity contribution >= 4 is 27.8 Å². The highest BCUT2D eigenvalue weighted by Gasteiger charge is 2.09. The van der Waals surface area contributed by atoms with Gasteiger partial charge in [0.1, 0.15) is 5.82 Å². The Bertz CT molecular complexity index is 555. The third kappa shape index (κ3) is 2.65. The fourth-order valence-electron chi connectivity index (χ4n) is 1.38. The number of rotatable bonds is 2. The van der Waals surface area contributed by atoms with Crippen LogP contribution in [0.5, 0.6) is 0 Å². The molecular weight excluding hydrogens is 298 g/mol. The number of hydrogen-bond acceptors (Lipinski definition) is 3. The molecule has 0 atom stereocenters. The lowest BCUT2D eigenvalue weighted by Gasteiger charge is -2.11. The predicted octanol–water partition coefficient (Wildman–Crippen LogP) is 3.02. The number of carboxylic acid groups (broad SMARTS) is 1. The summed E-state index contributed by atoms with van der Waals surface area (Å²) in [7, 11) is 1.45. The molecule has 0 saturated heterocycles. The van der Waals surface area contributed by atoms with Crippen LogP contribution in [-0.2, 0) is 0 Å². The number of nitrogens with zero attached hydrogens (tertiary/aromatic N) is 3. The van der Waals surface area contributed by atoms with E-state index in [-0.39, 0.29) is 0 Å². The standard InChI is InChI=1S/C12H10BrN3O2/c1-16(12(17)18)11-5-2-8(6-15-11)10-4-3-9(13)7-14-10/h2-7H,1H3,(H,17,18). The van der Waals surface area contributed by atoms with Crippen LogP contribution in [0.2, 0.25) is 0 Å². The summed E-state index contributed by atoms with van der Waals surface area (Å²) >= 11 is 3.31. The maximum Gasteiger partial charge on any atom is 0.412 e. The summed E-state index contributed by atoms with van der Waals surface area (Å²) in [5, 5.41) is 8.82. The van der Waals surface area contributed by atoms with Gasteiger partial charge in [0, 0.05) is 29.5 Å². The van der Waals surface area contributed by atoms with Gasteiger partial charge >= 0.3 is 6.09 Å². The Morgan fingerprint density at radius 1 is 1.22 bits per heavy atom. The Morgan fingerprint density at radius 3 is 2.50 bits per heavy atom. The van der Waals surface area contributed by atoms with E-state index in [4.69, 9.17) is 5.11 Å². The minimum Gasteiger partial charge on any atom is -0.465 e. The zero-order chi connectivity index (χ0) is 13.1. The number of carbonyl (C=O) groups is 1. The van der Waals surface area contributed by atoms with Crippen LogP contribution in [0.25, 0.3) is 11.3 Å². The van der Waals surface area contributed by atoms with Gasteiger partial charge in [-0.3, -0.25) is 9.88 Å². The summed E-state index contributed by atoms with van der Waals surface area (Å²) in [4.78, 5) is 20.1. The van der Waals surface area contributed by atoms with Crippen LogP contribution in [0.3, 0.4) is 0 Å². The molecule has 0 saturated carbocycles. The monoisotopic (exact) mass is 307 g/mol. The smallest absolute Gasteiger partial charge is 0.412 e. The molecule has 0 fully saturated rings. The summed E-state index contributed by atoms with van der Waals surface area (Å²) in [5.41, 5.74) is 1.63. The lowest BCUT2D eigenvalue weighted by Crippen LogP contribution is -2.24. The van der Waals surface area contributed by atoms with Crippen LogP contribution in [0, 0.1) is 0 Å². The quantitative estimate of drug-likeness (QED) is 0.926. The summed E-state index contributed by atoms with van der Waals surface area (Å²) in [6, 6.07) is 7.19. The molecule has 0 aliphatic rings. The minimum absolute atomic E-state index is 0.378. The van der Waals surface area contributed by atoms with E-state index >= 15 is 0 Å². The van der Waals surface area contributed by atoms with Gasteiger partial charge < -0.3 is 5.11 Å². The van der Waals surface area contributed by atoms with Crippen LogP contribution in [0.1, 0.15) is 0 Å². The van der Waals surface area contributed by atoms with E-state index in [0.717, 1.165) is 20.6 Å². The molecule has 0 aromatic carbocycles. The van der Waals surface area contributed by atoms with E-state index in [1.54, 1.807) is 24.5 Å². The van der Waals surface area contributed by atoms with Crippen molar-refractivity contribution in [2.75, 3.05) is 11.9 Å². The third-order valence-electron chi connectivity index (χ3n) is 2.40. The highest BCUT2D eigenvalue weighted by Crippen LogP contribution is 2.20. The fraction of sp³-hybridized carbons (Fsp3) is 0.0833. The van der Waals surface area contributed by atoms with Crippen molar-refractivity contribution in [2.24, 2.45) is 0 Å². The minimum atomic E-state index is -1.04. The van der Waals surface area contributed by atoms with Gasteiger partial charge in [-0.05, 0) is 40.2 Å². The van der Waals surface area contributed by atoms with E-state index in [1.807, 2.05) is 12.1 Å². The van der Waals surface area contributed by atoms with Crippen LogP contribution in [0.15, 0.2) is 41.1 Å². The van der Waals surface area contributed by atoms with E-state index in [9.17, 15) is 4.79 Å². The Balaban J connectivity index is 2.27. The first-order chi connectivity index (χ1) is 8.58. The first-order valence-corrected chi connectivity index (χ1v) is 5.92. The Labute approximate surface area is 112 Å². The van der Waals surface area contributed by atoms with E-state index in [1.165, 1.54) is 7.05 Å². The number of hydrogen-bond donors (Lipinski definition) is 1. The maximum absolute atomic E-state index is 10.8. The average Bonchev–Trinajstić information content (AvgIpc) is 2.39. The topological polar surface area (TPSA) is 66.3 Å². The number of halogens is 1. The third-order valence-corrected chi connectivity index (χ3v) is 2.87. The van der Waals surface area contributed by atoms with Gasteiger partial charge in [0.2, 0.25) is 0 Å². The molecule has 1 amide bonds. The molecule has 0 unspecified atom stereocenters. The molecule has 2 aromatic rings. The molecule has 2 rings (SSSR count). The second kappa shape index (κ2) is 5.14. The first-order valence-electron chi connectivity index (χ1n) is 5.12. The summed E-state index contributed by atoms with van der Waals surface area (Å²) in [5.74, 6) is 0.378. The van der Waals surface area contributed by atoms with Crippen molar-refractivity contribution in [3.63, 3.8) is 0 Å². The molecule has 2 heterocycles. The molecule has 1 N–H and O–H groups in total. The van der Waals surface area contributed by atoms with Gasteiger partial charge in [0.15, 0.2) is 0 Å². The molecule has 92 valence electrons. The number of pyridine rings is 2. The number of anilines is 1. The highest BCUT2D eigenvalue weighted by molar-refractivity contribution is 9.10. The lowest BCUT2D eigenvalue weighted by molar-refractivity contribution is 0.203. The van der Waals surface area contributed by atoms with Crippen molar-refractivity contribution in [1.82, 2.24) is 9.97 Å².